The number of amides is 4. The molecule has 20 rings (SSSR count). The lowest BCUT2D eigenvalue weighted by Gasteiger charge is -2.38. The van der Waals surface area contributed by atoms with Crippen molar-refractivity contribution in [1.82, 2.24) is 92.6 Å². The number of hydrogen-bond donors (Lipinski definition) is 10. The van der Waals surface area contributed by atoms with Crippen LogP contribution in [0.5, 0.6) is 5.75 Å². The first-order valence-electron chi connectivity index (χ1n) is 46.1. The van der Waals surface area contributed by atoms with Gasteiger partial charge in [0.05, 0.1) is 52.1 Å². The molecule has 3 fully saturated rings. The van der Waals surface area contributed by atoms with Crippen molar-refractivity contribution in [2.75, 3.05) is 112 Å². The van der Waals surface area contributed by atoms with E-state index in [4.69, 9.17) is 0 Å². The highest BCUT2D eigenvalue weighted by atomic mass is 16.3. The Morgan fingerprint density at radius 2 is 0.855 bits per heavy atom. The van der Waals surface area contributed by atoms with Gasteiger partial charge in [-0.15, -0.1) is 0 Å². The summed E-state index contributed by atoms with van der Waals surface area (Å²) in [6.07, 6.45) is 23.9. The van der Waals surface area contributed by atoms with Crippen molar-refractivity contribution >= 4 is 97.4 Å². The maximum atomic E-state index is 13.0. The molecule has 15 heterocycles. The van der Waals surface area contributed by atoms with Crippen molar-refractivity contribution in [3.8, 4) is 50.8 Å². The van der Waals surface area contributed by atoms with E-state index in [9.17, 15) is 38.7 Å². The number of likely N-dealkylation sites (tertiary alicyclic amines) is 1. The van der Waals surface area contributed by atoms with Crippen molar-refractivity contribution in [2.24, 2.45) is 0 Å². The molecule has 0 radical (unpaired) electrons. The Morgan fingerprint density at radius 3 is 1.24 bits per heavy atom. The molecule has 1 atom stereocenters. The molecular formula is C106H110N24O8. The number of anilines is 9. The molecule has 0 spiro atoms. The third-order valence-electron chi connectivity index (χ3n) is 24.8. The van der Waals surface area contributed by atoms with Crippen LogP contribution in [0.4, 0.5) is 51.2 Å². The van der Waals surface area contributed by atoms with Crippen molar-refractivity contribution in [1.29, 1.82) is 0 Å². The first kappa shape index (κ1) is 93.2. The Kier molecular flexibility index (Phi) is 28.6. The summed E-state index contributed by atoms with van der Waals surface area (Å²) in [5.41, 5.74) is 22.5. The highest BCUT2D eigenvalue weighted by Gasteiger charge is 2.30. The molecule has 138 heavy (non-hydrogen) atoms. The van der Waals surface area contributed by atoms with Gasteiger partial charge in [-0.3, -0.25) is 65.9 Å². The quantitative estimate of drug-likeness (QED) is 0.0284. The summed E-state index contributed by atoms with van der Waals surface area (Å²) in [7, 11) is 4.12. The number of nitrogens with zero attached hydrogens (tertiary/aromatic N) is 15. The van der Waals surface area contributed by atoms with Crippen LogP contribution in [-0.4, -0.2) is 215 Å². The predicted molar refractivity (Wildman–Crippen MR) is 542 cm³/mol. The molecule has 1 unspecified atom stereocenters. The molecule has 3 aliphatic heterocycles. The first-order valence-corrected chi connectivity index (χ1v) is 46.1. The molecule has 0 aliphatic carbocycles. The Balaban J connectivity index is 0.000000127. The number of phenols is 1. The fourth-order valence-electron chi connectivity index (χ4n) is 17.5. The molecule has 32 nitrogen and oxygen atoms in total. The second-order valence-corrected chi connectivity index (χ2v) is 35.2. The highest BCUT2D eigenvalue weighted by molar-refractivity contribution is 5.97. The number of nitrogens with one attached hydrogen (secondary N) is 9. The number of H-pyrrole nitrogens is 3. The van der Waals surface area contributed by atoms with E-state index >= 15 is 0 Å². The zero-order valence-corrected chi connectivity index (χ0v) is 78.1. The van der Waals surface area contributed by atoms with Gasteiger partial charge in [-0.1, -0.05) is 6.07 Å². The van der Waals surface area contributed by atoms with Crippen LogP contribution in [0.3, 0.4) is 0 Å². The summed E-state index contributed by atoms with van der Waals surface area (Å²) < 4.78 is 7.90. The Hall–Kier alpha value is -16.6. The predicted octanol–water partition coefficient (Wildman–Crippen LogP) is 15.3. The summed E-state index contributed by atoms with van der Waals surface area (Å²) >= 11 is 0. The molecule has 0 saturated carbocycles. The molecule has 17 aromatic rings. The second kappa shape index (κ2) is 42.3. The lowest BCUT2D eigenvalue weighted by atomic mass is 10.0. The number of carbonyl (C=O) groups is 4. The number of piperazine rings is 2. The number of aryl methyl sites for hydroxylation is 2. The third kappa shape index (κ3) is 22.1. The van der Waals surface area contributed by atoms with Gasteiger partial charge in [-0.2, -0.15) is 0 Å². The number of aromatic hydroxyl groups is 1. The molecule has 3 aliphatic rings. The number of aromatic amines is 3. The lowest BCUT2D eigenvalue weighted by Crippen LogP contribution is -2.51. The van der Waals surface area contributed by atoms with Gasteiger partial charge in [-0.25, -0.2) is 19.9 Å². The first-order chi connectivity index (χ1) is 66.9. The number of fused-ring (bicyclic) bond motifs is 4. The van der Waals surface area contributed by atoms with Crippen LogP contribution in [-0.2, 0) is 11.3 Å². The van der Waals surface area contributed by atoms with E-state index < -0.39 is 0 Å². The van der Waals surface area contributed by atoms with Gasteiger partial charge >= 0.3 is 0 Å². The topological polar surface area (TPSA) is 361 Å². The van der Waals surface area contributed by atoms with Crippen LogP contribution >= 0.6 is 0 Å². The van der Waals surface area contributed by atoms with E-state index in [1.807, 2.05) is 221 Å². The zero-order valence-electron chi connectivity index (χ0n) is 78.1. The largest absolute Gasteiger partial charge is 0.507 e. The normalized spacial score (nSPS) is 13.9. The van der Waals surface area contributed by atoms with E-state index in [-0.39, 0.29) is 46.3 Å². The molecule has 10 N–H and O–H groups in total. The second-order valence-electron chi connectivity index (χ2n) is 35.2. The van der Waals surface area contributed by atoms with Crippen LogP contribution in [0.1, 0.15) is 81.9 Å². The summed E-state index contributed by atoms with van der Waals surface area (Å²) in [6, 6.07) is 65.9. The van der Waals surface area contributed by atoms with Gasteiger partial charge in [0, 0.05) is 251 Å². The van der Waals surface area contributed by atoms with Crippen molar-refractivity contribution in [3.05, 3.63) is 351 Å². The van der Waals surface area contributed by atoms with Crippen molar-refractivity contribution in [3.63, 3.8) is 0 Å². The maximum Gasteiger partial charge on any atom is 0.253 e. The van der Waals surface area contributed by atoms with Crippen LogP contribution in [0.2, 0.25) is 0 Å². The van der Waals surface area contributed by atoms with Gasteiger partial charge in [0.2, 0.25) is 22.6 Å². The fraction of sp³-hybridized carbons (Fsp3) is 0.226. The highest BCUT2D eigenvalue weighted by Crippen LogP contribution is 2.36. The summed E-state index contributed by atoms with van der Waals surface area (Å²) in [4.78, 5) is 129. The number of carbonyl (C=O) groups excluding carboxylic acids is 4. The molecule has 12 aromatic heterocycles. The Morgan fingerprint density at radius 1 is 0.449 bits per heavy atom. The van der Waals surface area contributed by atoms with Crippen LogP contribution in [0.15, 0.2) is 301 Å². The molecule has 4 amide bonds. The van der Waals surface area contributed by atoms with Crippen molar-refractivity contribution in [2.45, 2.75) is 72.6 Å². The minimum Gasteiger partial charge on any atom is -0.507 e. The number of rotatable bonds is 23. The van der Waals surface area contributed by atoms with Crippen molar-refractivity contribution < 1.29 is 24.3 Å². The zero-order chi connectivity index (χ0) is 96.0. The Labute approximate surface area is 796 Å². The molecular weight excluding hydrogens is 1740 g/mol. The fourth-order valence-corrected chi connectivity index (χ4v) is 17.5. The number of likely N-dealkylation sites (N-methyl/N-ethyl adjacent to an activating group) is 1. The smallest absolute Gasteiger partial charge is 0.253 e. The molecule has 5 aromatic carbocycles. The average molecular weight is 1850 g/mol. The molecule has 32 heteroatoms. The van der Waals surface area contributed by atoms with E-state index in [0.29, 0.717) is 73.8 Å². The number of imidazole rings is 4. The number of pyridine rings is 8. The summed E-state index contributed by atoms with van der Waals surface area (Å²) in [5.74, 6) is 0.280. The maximum absolute atomic E-state index is 13.0. The average Bonchev–Trinajstić information content (AvgIpc) is 1.60. The summed E-state index contributed by atoms with van der Waals surface area (Å²) in [6.45, 7) is 21.5. The SMILES string of the molecule is CC(C)NC(=O)CN1CCN(C(=O)c2ccc(Nc3ccc(-c4cc[nH]c(=O)c4)n4ccnc34)cc2)CC1.CN(C)C1CCN(C(=O)c2ccc(Nc3ccc(-c4cc[nH]c(=O)c4)n4ccnc34)cc2)C1.Cc1cc(-c2ccc(Nc3ccc(N4CCN(C(C)C)CC4)cc3)c3nccn23)cc(C)c1O.O=C(NCc1cccnc1)c1ccc(Nc2ccc(-c3cc[nH]c(=O)c3)n3ccnc23)cc1. The van der Waals surface area contributed by atoms with Gasteiger partial charge in [0.25, 0.3) is 17.7 Å². The van der Waals surface area contributed by atoms with Crippen LogP contribution in [0.25, 0.3) is 67.6 Å². The number of hydrogen-bond acceptors (Lipinski definition) is 21. The molecule has 3 saturated heterocycles. The van der Waals surface area contributed by atoms with Crippen LogP contribution in [0, 0.1) is 13.8 Å². The van der Waals surface area contributed by atoms with E-state index in [0.717, 1.165) is 175 Å². The standard InChI is InChI=1S/C28H31N7O3.C28H33N5O.C25H26N6O2.C25H20N6O2/c1-19(2)31-26(37)18-33-13-15-34(16-14-33)28(38)20-3-5-22(6-4-20)32-23-7-8-24(35-12-11-30-27(23)35)21-9-10-29-25(36)17-21;1-19(2)31-13-15-32(16-14-31)24-7-5-23(6-8-24)30-25-9-10-26(33-12-11-29-28(25)33)22-17-20(3)27(34)21(4)18-22;1-29(2)20-10-13-30(16-20)25(33)17-3-5-19(6-4-17)28-21-7-8-22(31-14-12-27-24(21)31)18-9-11-26-23(32)15-18;32-23-14-19(9-11-27-23)22-8-7-21(24-28-12-13-31(22)24)30-20-5-3-18(4-6-20)25(33)29-16-17-2-1-10-26-15-17/h3-12,17,19,32H,13-16,18H2,1-2H3,(H,29,36)(H,31,37);5-12,17-19,30,34H,13-16H2,1-4H3;3-9,11-12,14-15,20,28H,10,13,16H2,1-2H3,(H,26,32);1-15,30H,16H2,(H,27,32)(H,29,33). The molecule has 702 valence electrons. The number of benzene rings is 5. The molecule has 0 bridgehead atoms. The lowest BCUT2D eigenvalue weighted by molar-refractivity contribution is -0.123. The number of aromatic nitrogens is 12. The van der Waals surface area contributed by atoms with Gasteiger partial charge in [-0.05, 0) is 266 Å². The number of phenolic OH excluding ortho intramolecular Hbond substituents is 1. The monoisotopic (exact) mass is 1850 g/mol. The third-order valence-corrected chi connectivity index (χ3v) is 24.8. The van der Waals surface area contributed by atoms with Gasteiger partial charge in [0.1, 0.15) is 5.75 Å². The Bertz CT molecular complexity index is 7350. The van der Waals surface area contributed by atoms with Gasteiger partial charge < -0.3 is 71.6 Å². The van der Waals surface area contributed by atoms with E-state index in [1.54, 1.807) is 79.9 Å². The minimum atomic E-state index is -0.163. The summed E-state index contributed by atoms with van der Waals surface area (Å²) in [5, 5.41) is 29.6. The van der Waals surface area contributed by atoms with E-state index in [2.05, 4.69) is 160 Å². The van der Waals surface area contributed by atoms with Crippen LogP contribution < -0.4 is 53.5 Å². The van der Waals surface area contributed by atoms with E-state index in [1.165, 1.54) is 5.69 Å². The minimum absolute atomic E-state index is 0.0133. The van der Waals surface area contributed by atoms with Gasteiger partial charge in [0.15, 0.2) is 22.6 Å².